The Kier molecular flexibility index (Phi) is 5.94. The highest BCUT2D eigenvalue weighted by atomic mass is 16.6. The van der Waals surface area contributed by atoms with Gasteiger partial charge in [-0.05, 0) is 43.0 Å². The fourth-order valence-corrected chi connectivity index (χ4v) is 4.88. The standard InChI is InChI=1S/C25H26N6O4/c1-28-16-18(6-7-24(28)32)20-14-23(26-15-22(20)31(34)35)29-11-9-19(10-12-29)30-13-8-17-4-2-3-5-21(17)27-25(30)33/h2-7,14-16,19H,8-13H2,1H3,(H,27,33). The summed E-state index contributed by atoms with van der Waals surface area (Å²) in [7, 11) is 1.61. The van der Waals surface area contributed by atoms with Crippen molar-refractivity contribution in [2.75, 3.05) is 29.9 Å². The lowest BCUT2D eigenvalue weighted by molar-refractivity contribution is -0.384. The van der Waals surface area contributed by atoms with E-state index < -0.39 is 4.92 Å². The Morgan fingerprint density at radius 1 is 1.09 bits per heavy atom. The number of rotatable bonds is 4. The third-order valence-electron chi connectivity index (χ3n) is 6.83. The lowest BCUT2D eigenvalue weighted by atomic mass is 10.0. The molecule has 2 aromatic heterocycles. The first-order chi connectivity index (χ1) is 16.9. The number of fused-ring (bicyclic) bond motifs is 1. The first-order valence-electron chi connectivity index (χ1n) is 11.6. The number of amides is 2. The maximum absolute atomic E-state index is 12.9. The predicted molar refractivity (Wildman–Crippen MR) is 133 cm³/mol. The summed E-state index contributed by atoms with van der Waals surface area (Å²) in [6.45, 7) is 2.03. The number of benzene rings is 1. The number of hydrogen-bond donors (Lipinski definition) is 1. The van der Waals surface area contributed by atoms with Gasteiger partial charge in [0.2, 0.25) is 5.56 Å². The largest absolute Gasteiger partial charge is 0.356 e. The highest BCUT2D eigenvalue weighted by Gasteiger charge is 2.31. The minimum Gasteiger partial charge on any atom is -0.356 e. The Morgan fingerprint density at radius 2 is 1.86 bits per heavy atom. The number of aryl methyl sites for hydroxylation is 1. The molecule has 180 valence electrons. The molecule has 1 aromatic carbocycles. The molecule has 1 N–H and O–H groups in total. The number of nitrogens with zero attached hydrogens (tertiary/aromatic N) is 5. The second kappa shape index (κ2) is 9.21. The highest BCUT2D eigenvalue weighted by molar-refractivity contribution is 5.91. The van der Waals surface area contributed by atoms with Crippen molar-refractivity contribution in [3.63, 3.8) is 0 Å². The molecule has 3 aromatic rings. The number of anilines is 2. The summed E-state index contributed by atoms with van der Waals surface area (Å²) in [6.07, 6.45) is 5.23. The van der Waals surface area contributed by atoms with E-state index in [4.69, 9.17) is 0 Å². The van der Waals surface area contributed by atoms with E-state index in [1.165, 1.54) is 16.8 Å². The average molecular weight is 475 g/mol. The van der Waals surface area contributed by atoms with Gasteiger partial charge in [-0.1, -0.05) is 18.2 Å². The van der Waals surface area contributed by atoms with Crippen molar-refractivity contribution >= 4 is 23.2 Å². The first-order valence-corrected chi connectivity index (χ1v) is 11.6. The van der Waals surface area contributed by atoms with Crippen LogP contribution in [0.15, 0.2) is 59.7 Å². The molecule has 0 spiro atoms. The average Bonchev–Trinajstić information content (AvgIpc) is 3.03. The van der Waals surface area contributed by atoms with Gasteiger partial charge >= 0.3 is 6.03 Å². The van der Waals surface area contributed by atoms with Crippen molar-refractivity contribution in [1.29, 1.82) is 0 Å². The van der Waals surface area contributed by atoms with Gasteiger partial charge in [-0.25, -0.2) is 9.78 Å². The lowest BCUT2D eigenvalue weighted by Gasteiger charge is -2.38. The zero-order chi connectivity index (χ0) is 24.5. The third-order valence-corrected chi connectivity index (χ3v) is 6.83. The summed E-state index contributed by atoms with van der Waals surface area (Å²) in [4.78, 5) is 44.2. The Morgan fingerprint density at radius 3 is 2.60 bits per heavy atom. The number of urea groups is 1. The summed E-state index contributed by atoms with van der Waals surface area (Å²) in [5.41, 5.74) is 2.72. The van der Waals surface area contributed by atoms with Gasteiger partial charge < -0.3 is 19.7 Å². The van der Waals surface area contributed by atoms with Gasteiger partial charge in [0.15, 0.2) is 0 Å². The number of aromatic nitrogens is 2. The fraction of sp³-hybridized carbons (Fsp3) is 0.320. The third kappa shape index (κ3) is 4.46. The summed E-state index contributed by atoms with van der Waals surface area (Å²) in [5, 5.41) is 14.7. The number of hydrogen-bond acceptors (Lipinski definition) is 6. The second-order valence-corrected chi connectivity index (χ2v) is 8.93. The summed E-state index contributed by atoms with van der Waals surface area (Å²) in [5.74, 6) is 0.644. The van der Waals surface area contributed by atoms with Crippen LogP contribution in [0, 0.1) is 10.1 Å². The number of piperidine rings is 1. The van der Waals surface area contributed by atoms with E-state index in [1.54, 1.807) is 25.4 Å². The fourth-order valence-electron chi connectivity index (χ4n) is 4.88. The van der Waals surface area contributed by atoms with Crippen LogP contribution in [-0.2, 0) is 13.5 Å². The Bertz CT molecular complexity index is 1350. The van der Waals surface area contributed by atoms with Crippen molar-refractivity contribution in [1.82, 2.24) is 14.5 Å². The van der Waals surface area contributed by atoms with Gasteiger partial charge in [0.25, 0.3) is 5.69 Å². The number of carbonyl (C=O) groups excluding carboxylic acids is 1. The van der Waals surface area contributed by atoms with Crippen LogP contribution in [0.25, 0.3) is 11.1 Å². The predicted octanol–water partition coefficient (Wildman–Crippen LogP) is 3.41. The molecule has 1 saturated heterocycles. The minimum atomic E-state index is -0.459. The monoisotopic (exact) mass is 474 g/mol. The zero-order valence-electron chi connectivity index (χ0n) is 19.4. The smallest absolute Gasteiger partial charge is 0.322 e. The van der Waals surface area contributed by atoms with Gasteiger partial charge in [0.05, 0.1) is 10.5 Å². The van der Waals surface area contributed by atoms with Gasteiger partial charge in [-0.15, -0.1) is 0 Å². The van der Waals surface area contributed by atoms with E-state index >= 15 is 0 Å². The number of nitrogens with one attached hydrogen (secondary N) is 1. The maximum Gasteiger partial charge on any atom is 0.322 e. The molecule has 0 radical (unpaired) electrons. The summed E-state index contributed by atoms with van der Waals surface area (Å²) in [6, 6.07) is 12.6. The molecular formula is C25H26N6O4. The molecule has 0 atom stereocenters. The Balaban J connectivity index is 1.33. The van der Waals surface area contributed by atoms with E-state index in [9.17, 15) is 19.7 Å². The molecule has 0 unspecified atom stereocenters. The summed E-state index contributed by atoms with van der Waals surface area (Å²) >= 11 is 0. The van der Waals surface area contributed by atoms with Crippen molar-refractivity contribution in [3.8, 4) is 11.1 Å². The van der Waals surface area contributed by atoms with Crippen molar-refractivity contribution in [2.24, 2.45) is 7.05 Å². The van der Waals surface area contributed by atoms with E-state index in [2.05, 4.69) is 15.2 Å². The van der Waals surface area contributed by atoms with Gasteiger partial charge in [-0.2, -0.15) is 0 Å². The van der Waals surface area contributed by atoms with E-state index in [1.807, 2.05) is 29.2 Å². The lowest BCUT2D eigenvalue weighted by Crippen LogP contribution is -2.49. The molecule has 4 heterocycles. The molecule has 5 rings (SSSR count). The van der Waals surface area contributed by atoms with Crippen LogP contribution in [0.5, 0.6) is 0 Å². The number of carbonyl (C=O) groups is 1. The molecule has 2 aliphatic heterocycles. The van der Waals surface area contributed by atoms with Crippen LogP contribution in [0.3, 0.4) is 0 Å². The van der Waals surface area contributed by atoms with E-state index in [0.29, 0.717) is 36.6 Å². The van der Waals surface area contributed by atoms with Gasteiger partial charge in [-0.3, -0.25) is 14.9 Å². The first kappa shape index (κ1) is 22.6. The molecular weight excluding hydrogens is 448 g/mol. The quantitative estimate of drug-likeness (QED) is 0.458. The normalized spacial score (nSPS) is 16.4. The van der Waals surface area contributed by atoms with E-state index in [0.717, 1.165) is 30.5 Å². The van der Waals surface area contributed by atoms with Crippen LogP contribution < -0.4 is 15.8 Å². The maximum atomic E-state index is 12.9. The molecule has 2 aliphatic rings. The molecule has 35 heavy (non-hydrogen) atoms. The molecule has 2 amide bonds. The Labute approximate surface area is 202 Å². The molecule has 0 saturated carbocycles. The number of nitro groups is 1. The zero-order valence-corrected chi connectivity index (χ0v) is 19.4. The molecule has 0 aliphatic carbocycles. The molecule has 10 heteroatoms. The summed E-state index contributed by atoms with van der Waals surface area (Å²) < 4.78 is 1.40. The van der Waals surface area contributed by atoms with Crippen molar-refractivity contribution < 1.29 is 9.72 Å². The van der Waals surface area contributed by atoms with Crippen molar-refractivity contribution in [3.05, 3.63) is 80.9 Å². The van der Waals surface area contributed by atoms with Crippen LogP contribution in [-0.4, -0.2) is 51.1 Å². The minimum absolute atomic E-state index is 0.0705. The molecule has 10 nitrogen and oxygen atoms in total. The highest BCUT2D eigenvalue weighted by Crippen LogP contribution is 2.33. The SMILES string of the molecule is Cn1cc(-c2cc(N3CCC(N4CCc5ccccc5NC4=O)CC3)ncc2[N+](=O)[O-])ccc1=O. The van der Waals surface area contributed by atoms with Gasteiger partial charge in [0.1, 0.15) is 12.0 Å². The number of pyridine rings is 2. The van der Waals surface area contributed by atoms with Crippen molar-refractivity contribution in [2.45, 2.75) is 25.3 Å². The van der Waals surface area contributed by atoms with Gasteiger partial charge in [0, 0.05) is 56.2 Å². The topological polar surface area (TPSA) is 114 Å². The van der Waals surface area contributed by atoms with Crippen LogP contribution in [0.2, 0.25) is 0 Å². The van der Waals surface area contributed by atoms with E-state index in [-0.39, 0.29) is 23.3 Å². The molecule has 0 bridgehead atoms. The molecule has 1 fully saturated rings. The number of para-hydroxylation sites is 1. The van der Waals surface area contributed by atoms with Crippen LogP contribution >= 0.6 is 0 Å². The Hall–Kier alpha value is -4.21. The van der Waals surface area contributed by atoms with Crippen LogP contribution in [0.1, 0.15) is 18.4 Å². The van der Waals surface area contributed by atoms with Crippen LogP contribution in [0.4, 0.5) is 22.0 Å². The second-order valence-electron chi connectivity index (χ2n) is 8.93.